The van der Waals surface area contributed by atoms with Crippen LogP contribution in [0.25, 0.3) is 10.9 Å². The third kappa shape index (κ3) is 2.83. The Labute approximate surface area is 126 Å². The molecule has 3 rings (SSSR count). The maximum atomic E-state index is 6.02. The number of pyridine rings is 1. The fourth-order valence-electron chi connectivity index (χ4n) is 2.60. The van der Waals surface area contributed by atoms with Crippen molar-refractivity contribution in [2.45, 2.75) is 51.6 Å². The molecule has 0 bridgehead atoms. The molecule has 3 nitrogen and oxygen atoms in total. The van der Waals surface area contributed by atoms with Crippen molar-refractivity contribution in [1.29, 1.82) is 0 Å². The minimum atomic E-state index is -0.255. The highest BCUT2D eigenvalue weighted by atomic mass is 16.7. The highest BCUT2D eigenvalue weighted by Crippen LogP contribution is 2.37. The van der Waals surface area contributed by atoms with Crippen molar-refractivity contribution in [3.8, 4) is 0 Å². The van der Waals surface area contributed by atoms with E-state index in [1.807, 2.05) is 18.2 Å². The molecular weight excluding hydrogens is 261 g/mol. The van der Waals surface area contributed by atoms with Gasteiger partial charge >= 0.3 is 7.12 Å². The average molecular weight is 283 g/mol. The Morgan fingerprint density at radius 2 is 1.62 bits per heavy atom. The van der Waals surface area contributed by atoms with Crippen molar-refractivity contribution >= 4 is 18.0 Å². The van der Waals surface area contributed by atoms with E-state index in [1.54, 1.807) is 0 Å². The molecule has 0 unspecified atom stereocenters. The van der Waals surface area contributed by atoms with E-state index >= 15 is 0 Å². The summed E-state index contributed by atoms with van der Waals surface area (Å²) in [6.45, 7) is 8.34. The molecule has 21 heavy (non-hydrogen) atoms. The summed E-state index contributed by atoms with van der Waals surface area (Å²) < 4.78 is 12.0. The molecule has 2 aromatic rings. The van der Waals surface area contributed by atoms with Gasteiger partial charge < -0.3 is 9.31 Å². The van der Waals surface area contributed by atoms with E-state index in [2.05, 4.69) is 45.9 Å². The summed E-state index contributed by atoms with van der Waals surface area (Å²) in [6.07, 6.45) is 1.69. The van der Waals surface area contributed by atoms with Crippen LogP contribution in [0.1, 0.15) is 33.4 Å². The van der Waals surface area contributed by atoms with E-state index in [-0.39, 0.29) is 18.3 Å². The predicted molar refractivity (Wildman–Crippen MR) is 86.3 cm³/mol. The van der Waals surface area contributed by atoms with Crippen molar-refractivity contribution in [3.63, 3.8) is 0 Å². The highest BCUT2D eigenvalue weighted by molar-refractivity contribution is 6.45. The summed E-state index contributed by atoms with van der Waals surface area (Å²) in [5.74, 6) is 0. The van der Waals surface area contributed by atoms with Gasteiger partial charge in [0.05, 0.1) is 16.7 Å². The first-order valence-electron chi connectivity index (χ1n) is 7.58. The number of nitrogens with zero attached hydrogens (tertiary/aromatic N) is 1. The van der Waals surface area contributed by atoms with Gasteiger partial charge in [-0.2, -0.15) is 0 Å². The predicted octanol–water partition coefficient (Wildman–Crippen LogP) is 3.87. The van der Waals surface area contributed by atoms with Crippen LogP contribution in [0.3, 0.4) is 0 Å². The van der Waals surface area contributed by atoms with Gasteiger partial charge in [0.1, 0.15) is 0 Å². The Hall–Kier alpha value is -1.39. The van der Waals surface area contributed by atoms with E-state index in [0.29, 0.717) is 0 Å². The molecule has 2 heterocycles. The number of benzene rings is 1. The number of rotatable bonds is 3. The normalized spacial score (nSPS) is 20.1. The summed E-state index contributed by atoms with van der Waals surface area (Å²) in [4.78, 5) is 4.70. The number of aromatic nitrogens is 1. The van der Waals surface area contributed by atoms with E-state index < -0.39 is 0 Å². The quantitative estimate of drug-likeness (QED) is 0.801. The van der Waals surface area contributed by atoms with Gasteiger partial charge in [-0.15, -0.1) is 0 Å². The molecule has 0 spiro atoms. The van der Waals surface area contributed by atoms with Crippen molar-refractivity contribution in [2.24, 2.45) is 0 Å². The zero-order chi connectivity index (χ0) is 15.1. The Balaban J connectivity index is 1.67. The Morgan fingerprint density at radius 1 is 0.952 bits per heavy atom. The standard InChI is InChI=1S/C17H22BNO2/c1-16(2)17(3,4)21-18(20-16)12-11-14-10-9-13-7-5-6-8-15(13)19-14/h5-10H,11-12H2,1-4H3. The molecule has 0 N–H and O–H groups in total. The van der Waals surface area contributed by atoms with Crippen LogP contribution in [0.4, 0.5) is 0 Å². The first-order chi connectivity index (χ1) is 9.87. The molecule has 0 aliphatic carbocycles. The van der Waals surface area contributed by atoms with Gasteiger partial charge in [0.15, 0.2) is 0 Å². The summed E-state index contributed by atoms with van der Waals surface area (Å²) in [5.41, 5.74) is 1.62. The number of hydrogen-bond donors (Lipinski definition) is 0. The number of aryl methyl sites for hydroxylation is 1. The SMILES string of the molecule is CC1(C)OB(CCc2ccc3ccccc3n2)OC1(C)C. The van der Waals surface area contributed by atoms with E-state index in [9.17, 15) is 0 Å². The van der Waals surface area contributed by atoms with Crippen molar-refractivity contribution in [1.82, 2.24) is 4.98 Å². The topological polar surface area (TPSA) is 31.4 Å². The second kappa shape index (κ2) is 5.11. The van der Waals surface area contributed by atoms with Crippen molar-refractivity contribution < 1.29 is 9.31 Å². The fourth-order valence-corrected chi connectivity index (χ4v) is 2.60. The summed E-state index contributed by atoms with van der Waals surface area (Å²) >= 11 is 0. The van der Waals surface area contributed by atoms with Gasteiger partial charge in [0.2, 0.25) is 0 Å². The largest absolute Gasteiger partial charge is 0.458 e. The molecule has 4 heteroatoms. The number of hydrogen-bond acceptors (Lipinski definition) is 3. The molecule has 1 saturated heterocycles. The average Bonchev–Trinajstić information content (AvgIpc) is 2.64. The minimum Gasteiger partial charge on any atom is -0.403 e. The maximum Gasteiger partial charge on any atom is 0.458 e. The van der Waals surface area contributed by atoms with Crippen LogP contribution < -0.4 is 0 Å². The molecule has 0 atom stereocenters. The highest BCUT2D eigenvalue weighted by Gasteiger charge is 2.50. The Kier molecular flexibility index (Phi) is 3.54. The molecular formula is C17H22BNO2. The van der Waals surface area contributed by atoms with Gasteiger partial charge in [-0.25, -0.2) is 0 Å². The second-order valence-corrected chi connectivity index (χ2v) is 6.72. The lowest BCUT2D eigenvalue weighted by molar-refractivity contribution is 0.00578. The van der Waals surface area contributed by atoms with Gasteiger partial charge in [0, 0.05) is 11.1 Å². The summed E-state index contributed by atoms with van der Waals surface area (Å²) in [7, 11) is -0.150. The van der Waals surface area contributed by atoms with Crippen LogP contribution in [0.5, 0.6) is 0 Å². The van der Waals surface area contributed by atoms with Crippen molar-refractivity contribution in [3.05, 3.63) is 42.1 Å². The van der Waals surface area contributed by atoms with Crippen LogP contribution in [0, 0.1) is 0 Å². The molecule has 1 aromatic carbocycles. The van der Waals surface area contributed by atoms with Crippen LogP contribution >= 0.6 is 0 Å². The van der Waals surface area contributed by atoms with E-state index in [4.69, 9.17) is 14.3 Å². The number of fused-ring (bicyclic) bond motifs is 1. The molecule has 1 fully saturated rings. The monoisotopic (exact) mass is 283 g/mol. The third-order valence-corrected chi connectivity index (χ3v) is 4.59. The lowest BCUT2D eigenvalue weighted by Crippen LogP contribution is -2.41. The zero-order valence-corrected chi connectivity index (χ0v) is 13.2. The molecule has 110 valence electrons. The smallest absolute Gasteiger partial charge is 0.403 e. The molecule has 1 aliphatic heterocycles. The van der Waals surface area contributed by atoms with E-state index in [0.717, 1.165) is 24.0 Å². The molecule has 0 saturated carbocycles. The first kappa shape index (κ1) is 14.5. The number of para-hydroxylation sites is 1. The van der Waals surface area contributed by atoms with E-state index in [1.165, 1.54) is 5.39 Å². The molecule has 0 amide bonds. The summed E-state index contributed by atoms with van der Waals surface area (Å²) in [6, 6.07) is 12.4. The van der Waals surface area contributed by atoms with Gasteiger partial charge in [0.25, 0.3) is 0 Å². The minimum absolute atomic E-state index is 0.150. The van der Waals surface area contributed by atoms with Crippen LogP contribution in [0.2, 0.25) is 6.32 Å². The lowest BCUT2D eigenvalue weighted by Gasteiger charge is -2.32. The third-order valence-electron chi connectivity index (χ3n) is 4.59. The Bertz CT molecular complexity index is 638. The maximum absolute atomic E-state index is 6.02. The van der Waals surface area contributed by atoms with Crippen LogP contribution in [-0.4, -0.2) is 23.3 Å². The zero-order valence-electron chi connectivity index (χ0n) is 13.2. The molecule has 1 aliphatic rings. The second-order valence-electron chi connectivity index (χ2n) is 6.72. The molecule has 0 radical (unpaired) electrons. The fraction of sp³-hybridized carbons (Fsp3) is 0.471. The van der Waals surface area contributed by atoms with Crippen molar-refractivity contribution in [2.75, 3.05) is 0 Å². The lowest BCUT2D eigenvalue weighted by atomic mass is 9.82. The van der Waals surface area contributed by atoms with Gasteiger partial charge in [-0.3, -0.25) is 4.98 Å². The van der Waals surface area contributed by atoms with Gasteiger partial charge in [-0.05, 0) is 52.6 Å². The van der Waals surface area contributed by atoms with Crippen LogP contribution in [0.15, 0.2) is 36.4 Å². The van der Waals surface area contributed by atoms with Gasteiger partial charge in [-0.1, -0.05) is 24.3 Å². The molecule has 1 aromatic heterocycles. The first-order valence-corrected chi connectivity index (χ1v) is 7.58. The Morgan fingerprint density at radius 3 is 2.33 bits per heavy atom. The van der Waals surface area contributed by atoms with Crippen LogP contribution in [-0.2, 0) is 15.7 Å². The summed E-state index contributed by atoms with van der Waals surface area (Å²) in [5, 5.41) is 1.18.